The third-order valence-corrected chi connectivity index (χ3v) is 5.25. The Kier molecular flexibility index (Phi) is 5.68. The molecule has 0 aliphatic carbocycles. The van der Waals surface area contributed by atoms with Gasteiger partial charge in [-0.25, -0.2) is 0 Å². The molecule has 6 heteroatoms. The lowest BCUT2D eigenvalue weighted by Crippen LogP contribution is -2.31. The van der Waals surface area contributed by atoms with Crippen molar-refractivity contribution in [3.8, 4) is 11.5 Å². The van der Waals surface area contributed by atoms with Crippen molar-refractivity contribution in [2.75, 3.05) is 19.1 Å². The van der Waals surface area contributed by atoms with Gasteiger partial charge in [0.05, 0.1) is 5.75 Å². The summed E-state index contributed by atoms with van der Waals surface area (Å²) in [6, 6.07) is 13.8. The van der Waals surface area contributed by atoms with Crippen LogP contribution in [0.5, 0.6) is 11.5 Å². The van der Waals surface area contributed by atoms with Crippen LogP contribution in [0, 0.1) is 0 Å². The van der Waals surface area contributed by atoms with Gasteiger partial charge < -0.3 is 14.4 Å². The molecule has 1 heterocycles. The highest BCUT2D eigenvalue weighted by molar-refractivity contribution is 9.10. The molecule has 0 bridgehead atoms. The van der Waals surface area contributed by atoms with E-state index in [1.807, 2.05) is 54.3 Å². The molecule has 1 aliphatic heterocycles. The fourth-order valence-corrected chi connectivity index (χ4v) is 3.47. The number of amides is 1. The van der Waals surface area contributed by atoms with Crippen LogP contribution < -0.4 is 9.47 Å². The number of rotatable bonds is 6. The van der Waals surface area contributed by atoms with E-state index in [9.17, 15) is 4.79 Å². The Morgan fingerprint density at radius 1 is 1.17 bits per heavy atom. The first-order chi connectivity index (χ1) is 11.7. The van der Waals surface area contributed by atoms with Gasteiger partial charge in [0.25, 0.3) is 0 Å². The van der Waals surface area contributed by atoms with Crippen molar-refractivity contribution in [3.05, 3.63) is 52.5 Å². The van der Waals surface area contributed by atoms with E-state index in [4.69, 9.17) is 9.47 Å². The molecule has 126 valence electrons. The number of fused-ring (bicyclic) bond motifs is 1. The second kappa shape index (κ2) is 7.94. The van der Waals surface area contributed by atoms with E-state index in [2.05, 4.69) is 15.9 Å². The summed E-state index contributed by atoms with van der Waals surface area (Å²) in [5.74, 6) is 2.07. The summed E-state index contributed by atoms with van der Waals surface area (Å²) in [5.41, 5.74) is 1.04. The van der Waals surface area contributed by atoms with Gasteiger partial charge >= 0.3 is 0 Å². The number of benzene rings is 2. The SMILES string of the molecule is CCN(Cc1ccc2c(c1)OCO2)C(=O)CSc1ccc(Br)cc1. The number of carbonyl (C=O) groups excluding carboxylic acids is 1. The highest BCUT2D eigenvalue weighted by Gasteiger charge is 2.16. The summed E-state index contributed by atoms with van der Waals surface area (Å²) in [6.45, 7) is 3.51. The zero-order valence-corrected chi connectivity index (χ0v) is 15.7. The Morgan fingerprint density at radius 2 is 1.92 bits per heavy atom. The van der Waals surface area contributed by atoms with Crippen molar-refractivity contribution in [3.63, 3.8) is 0 Å². The van der Waals surface area contributed by atoms with Crippen molar-refractivity contribution in [1.29, 1.82) is 0 Å². The van der Waals surface area contributed by atoms with Crippen LogP contribution in [-0.2, 0) is 11.3 Å². The summed E-state index contributed by atoms with van der Waals surface area (Å²) in [5, 5.41) is 0. The fraction of sp³-hybridized carbons (Fsp3) is 0.278. The Balaban J connectivity index is 1.58. The van der Waals surface area contributed by atoms with Gasteiger partial charge in [-0.05, 0) is 48.9 Å². The van der Waals surface area contributed by atoms with Crippen LogP contribution in [0.25, 0.3) is 0 Å². The summed E-state index contributed by atoms with van der Waals surface area (Å²) in [6.07, 6.45) is 0. The van der Waals surface area contributed by atoms with Crippen molar-refractivity contribution in [2.45, 2.75) is 18.4 Å². The quantitative estimate of drug-likeness (QED) is 0.668. The number of ether oxygens (including phenoxy) is 2. The van der Waals surface area contributed by atoms with E-state index < -0.39 is 0 Å². The molecule has 0 atom stereocenters. The zero-order valence-electron chi connectivity index (χ0n) is 13.3. The van der Waals surface area contributed by atoms with Gasteiger partial charge in [-0.3, -0.25) is 4.79 Å². The third kappa shape index (κ3) is 4.24. The largest absolute Gasteiger partial charge is 0.454 e. The van der Waals surface area contributed by atoms with Gasteiger partial charge in [-0.1, -0.05) is 22.0 Å². The smallest absolute Gasteiger partial charge is 0.233 e. The zero-order chi connectivity index (χ0) is 16.9. The number of hydrogen-bond donors (Lipinski definition) is 0. The molecule has 4 nitrogen and oxygen atoms in total. The Hall–Kier alpha value is -1.66. The number of nitrogens with zero attached hydrogens (tertiary/aromatic N) is 1. The molecule has 1 aliphatic rings. The first-order valence-electron chi connectivity index (χ1n) is 7.70. The number of carbonyl (C=O) groups is 1. The number of hydrogen-bond acceptors (Lipinski definition) is 4. The lowest BCUT2D eigenvalue weighted by atomic mass is 10.2. The van der Waals surface area contributed by atoms with Crippen LogP contribution in [0.1, 0.15) is 12.5 Å². The van der Waals surface area contributed by atoms with E-state index in [1.54, 1.807) is 11.8 Å². The second-order valence-electron chi connectivity index (χ2n) is 5.34. The highest BCUT2D eigenvalue weighted by Crippen LogP contribution is 2.32. The van der Waals surface area contributed by atoms with E-state index in [0.717, 1.165) is 26.4 Å². The minimum atomic E-state index is 0.128. The molecule has 0 fully saturated rings. The van der Waals surface area contributed by atoms with Crippen LogP contribution in [-0.4, -0.2) is 29.9 Å². The Labute approximate surface area is 154 Å². The summed E-state index contributed by atoms with van der Waals surface area (Å²) in [7, 11) is 0. The maximum Gasteiger partial charge on any atom is 0.233 e. The molecule has 24 heavy (non-hydrogen) atoms. The summed E-state index contributed by atoms with van der Waals surface area (Å²) in [4.78, 5) is 15.4. The van der Waals surface area contributed by atoms with Crippen molar-refractivity contribution in [1.82, 2.24) is 4.90 Å². The van der Waals surface area contributed by atoms with Crippen LogP contribution in [0.15, 0.2) is 51.8 Å². The average molecular weight is 408 g/mol. The molecule has 3 rings (SSSR count). The fourth-order valence-electron chi connectivity index (χ4n) is 2.40. The topological polar surface area (TPSA) is 38.8 Å². The first-order valence-corrected chi connectivity index (χ1v) is 9.48. The molecule has 0 spiro atoms. The summed E-state index contributed by atoms with van der Waals surface area (Å²) < 4.78 is 11.8. The van der Waals surface area contributed by atoms with Gasteiger partial charge in [-0.2, -0.15) is 0 Å². The molecule has 2 aromatic rings. The van der Waals surface area contributed by atoms with E-state index in [0.29, 0.717) is 18.8 Å². The van der Waals surface area contributed by atoms with Gasteiger partial charge in [-0.15, -0.1) is 11.8 Å². The Bertz CT molecular complexity index is 721. The van der Waals surface area contributed by atoms with Crippen molar-refractivity contribution < 1.29 is 14.3 Å². The monoisotopic (exact) mass is 407 g/mol. The van der Waals surface area contributed by atoms with Crippen LogP contribution >= 0.6 is 27.7 Å². The van der Waals surface area contributed by atoms with Crippen molar-refractivity contribution in [2.24, 2.45) is 0 Å². The molecule has 0 saturated carbocycles. The minimum absolute atomic E-state index is 0.128. The molecule has 0 radical (unpaired) electrons. The number of halogens is 1. The molecule has 2 aromatic carbocycles. The molecular formula is C18H18BrNO3S. The maximum absolute atomic E-state index is 12.5. The summed E-state index contributed by atoms with van der Waals surface area (Å²) >= 11 is 4.97. The predicted molar refractivity (Wildman–Crippen MR) is 98.5 cm³/mol. The van der Waals surface area contributed by atoms with Crippen LogP contribution in [0.2, 0.25) is 0 Å². The predicted octanol–water partition coefficient (Wildman–Crippen LogP) is 4.32. The van der Waals surface area contributed by atoms with Crippen LogP contribution in [0.3, 0.4) is 0 Å². The molecule has 0 aromatic heterocycles. The minimum Gasteiger partial charge on any atom is -0.454 e. The second-order valence-corrected chi connectivity index (χ2v) is 7.30. The van der Waals surface area contributed by atoms with E-state index in [-0.39, 0.29) is 12.7 Å². The first kappa shape index (κ1) is 17.2. The molecule has 0 unspecified atom stereocenters. The molecule has 1 amide bonds. The van der Waals surface area contributed by atoms with Gasteiger partial charge in [0.15, 0.2) is 11.5 Å². The van der Waals surface area contributed by atoms with E-state index >= 15 is 0 Å². The van der Waals surface area contributed by atoms with Crippen molar-refractivity contribution >= 4 is 33.6 Å². The lowest BCUT2D eigenvalue weighted by Gasteiger charge is -2.21. The third-order valence-electron chi connectivity index (χ3n) is 3.72. The normalized spacial score (nSPS) is 12.2. The lowest BCUT2D eigenvalue weighted by molar-refractivity contribution is -0.128. The molecule has 0 saturated heterocycles. The standard InChI is InChI=1S/C18H18BrNO3S/c1-2-20(10-13-3-8-16-17(9-13)23-12-22-16)18(21)11-24-15-6-4-14(19)5-7-15/h3-9H,2,10-12H2,1H3. The number of thioether (sulfide) groups is 1. The average Bonchev–Trinajstić information content (AvgIpc) is 3.06. The maximum atomic E-state index is 12.5. The molecular weight excluding hydrogens is 390 g/mol. The van der Waals surface area contributed by atoms with Gasteiger partial charge in [0.2, 0.25) is 12.7 Å². The van der Waals surface area contributed by atoms with Gasteiger partial charge in [0, 0.05) is 22.5 Å². The van der Waals surface area contributed by atoms with Gasteiger partial charge in [0.1, 0.15) is 0 Å². The van der Waals surface area contributed by atoms with Crippen LogP contribution in [0.4, 0.5) is 0 Å². The molecule has 0 N–H and O–H groups in total. The van der Waals surface area contributed by atoms with E-state index in [1.165, 1.54) is 0 Å². The Morgan fingerprint density at radius 3 is 2.67 bits per heavy atom. The highest BCUT2D eigenvalue weighted by atomic mass is 79.9.